The van der Waals surface area contributed by atoms with Gasteiger partial charge in [-0.1, -0.05) is 42.6 Å². The molecule has 0 aromatic heterocycles. The third kappa shape index (κ3) is 3.17. The Bertz CT molecular complexity index is 284. The molecule has 0 saturated heterocycles. The van der Waals surface area contributed by atoms with Gasteiger partial charge >= 0.3 is 0 Å². The van der Waals surface area contributed by atoms with E-state index in [0.29, 0.717) is 23.7 Å². The van der Waals surface area contributed by atoms with E-state index < -0.39 is 0 Å². The van der Waals surface area contributed by atoms with Crippen molar-refractivity contribution >= 4 is 21.8 Å². The molecule has 0 aliphatic heterocycles. The molecular weight excluding hydrogens is 302 g/mol. The van der Waals surface area contributed by atoms with Crippen molar-refractivity contribution in [2.45, 2.75) is 70.8 Å². The summed E-state index contributed by atoms with van der Waals surface area (Å²) >= 11 is 3.59. The summed E-state index contributed by atoms with van der Waals surface area (Å²) in [4.78, 5) is 12.8. The lowest BCUT2D eigenvalue weighted by molar-refractivity contribution is -0.133. The highest BCUT2D eigenvalue weighted by atomic mass is 79.9. The third-order valence-corrected chi connectivity index (χ3v) is 6.69. The van der Waals surface area contributed by atoms with E-state index in [1.165, 1.54) is 38.5 Å². The predicted molar refractivity (Wildman–Crippen MR) is 83.4 cm³/mol. The molecule has 2 saturated carbocycles. The molecule has 3 heteroatoms. The fraction of sp³-hybridized carbons (Fsp3) is 0.938. The minimum Gasteiger partial charge on any atom is -0.350 e. The van der Waals surface area contributed by atoms with Gasteiger partial charge in [-0.3, -0.25) is 4.79 Å². The topological polar surface area (TPSA) is 29.1 Å². The van der Waals surface area contributed by atoms with Crippen molar-refractivity contribution in [2.75, 3.05) is 5.33 Å². The van der Waals surface area contributed by atoms with E-state index >= 15 is 0 Å². The van der Waals surface area contributed by atoms with Crippen molar-refractivity contribution in [2.24, 2.45) is 17.8 Å². The highest BCUT2D eigenvalue weighted by molar-refractivity contribution is 9.09. The van der Waals surface area contributed by atoms with Gasteiger partial charge in [0, 0.05) is 16.8 Å². The lowest BCUT2D eigenvalue weighted by Gasteiger charge is -2.43. The van der Waals surface area contributed by atoms with Crippen LogP contribution in [0.4, 0.5) is 0 Å². The maximum Gasteiger partial charge on any atom is 0.224 e. The Morgan fingerprint density at radius 3 is 1.89 bits per heavy atom. The van der Waals surface area contributed by atoms with Crippen molar-refractivity contribution < 1.29 is 4.79 Å². The first kappa shape index (κ1) is 15.3. The maximum atomic E-state index is 12.8. The van der Waals surface area contributed by atoms with Crippen LogP contribution in [-0.4, -0.2) is 16.8 Å². The Kier molecular flexibility index (Phi) is 5.33. The van der Waals surface area contributed by atoms with Crippen LogP contribution in [0.15, 0.2) is 0 Å². The van der Waals surface area contributed by atoms with Gasteiger partial charge in [-0.05, 0) is 50.4 Å². The van der Waals surface area contributed by atoms with Crippen LogP contribution >= 0.6 is 15.9 Å². The maximum absolute atomic E-state index is 12.8. The van der Waals surface area contributed by atoms with Crippen LogP contribution in [0, 0.1) is 17.8 Å². The van der Waals surface area contributed by atoms with Gasteiger partial charge in [-0.25, -0.2) is 0 Å². The van der Waals surface area contributed by atoms with Crippen molar-refractivity contribution in [1.82, 2.24) is 5.32 Å². The SMILES string of the molecule is CCC(CC)(CBr)NC(=O)C(C1CCC1)C1CCC1. The van der Waals surface area contributed by atoms with Crippen molar-refractivity contribution in [3.63, 3.8) is 0 Å². The number of nitrogens with one attached hydrogen (secondary N) is 1. The van der Waals surface area contributed by atoms with Gasteiger partial charge in [-0.2, -0.15) is 0 Å². The van der Waals surface area contributed by atoms with E-state index in [2.05, 4.69) is 35.1 Å². The lowest BCUT2D eigenvalue weighted by Crippen LogP contribution is -2.54. The minimum atomic E-state index is -0.0389. The summed E-state index contributed by atoms with van der Waals surface area (Å²) in [5, 5.41) is 4.25. The van der Waals surface area contributed by atoms with Gasteiger partial charge in [0.25, 0.3) is 0 Å². The zero-order valence-electron chi connectivity index (χ0n) is 12.4. The van der Waals surface area contributed by atoms with Crippen LogP contribution in [0.2, 0.25) is 0 Å². The van der Waals surface area contributed by atoms with E-state index in [9.17, 15) is 4.79 Å². The van der Waals surface area contributed by atoms with E-state index in [0.717, 1.165) is 18.2 Å². The van der Waals surface area contributed by atoms with Crippen LogP contribution < -0.4 is 5.32 Å². The van der Waals surface area contributed by atoms with Crippen LogP contribution in [0.3, 0.4) is 0 Å². The highest BCUT2D eigenvalue weighted by Gasteiger charge is 2.42. The Balaban J connectivity index is 2.01. The molecule has 0 bridgehead atoms. The Labute approximate surface area is 126 Å². The molecule has 0 heterocycles. The largest absolute Gasteiger partial charge is 0.350 e. The first-order chi connectivity index (χ1) is 9.15. The van der Waals surface area contributed by atoms with E-state index in [4.69, 9.17) is 0 Å². The molecule has 0 atom stereocenters. The van der Waals surface area contributed by atoms with E-state index in [1.807, 2.05) is 0 Å². The van der Waals surface area contributed by atoms with E-state index in [1.54, 1.807) is 0 Å². The molecule has 0 radical (unpaired) electrons. The average Bonchev–Trinajstić information content (AvgIpc) is 2.31. The number of rotatable bonds is 7. The molecule has 2 nitrogen and oxygen atoms in total. The summed E-state index contributed by atoms with van der Waals surface area (Å²) in [5.74, 6) is 2.00. The fourth-order valence-electron chi connectivity index (χ4n) is 3.40. The Morgan fingerprint density at radius 1 is 1.16 bits per heavy atom. The first-order valence-corrected chi connectivity index (χ1v) is 9.16. The Hall–Kier alpha value is -0.0500. The monoisotopic (exact) mass is 329 g/mol. The van der Waals surface area contributed by atoms with Crippen molar-refractivity contribution in [1.29, 1.82) is 0 Å². The van der Waals surface area contributed by atoms with Gasteiger partial charge in [0.2, 0.25) is 5.91 Å². The highest BCUT2D eigenvalue weighted by Crippen LogP contribution is 2.44. The van der Waals surface area contributed by atoms with Crippen LogP contribution in [0.1, 0.15) is 65.2 Å². The quantitative estimate of drug-likeness (QED) is 0.694. The molecule has 1 N–H and O–H groups in total. The zero-order chi connectivity index (χ0) is 13.9. The molecule has 2 aliphatic carbocycles. The number of amides is 1. The average molecular weight is 330 g/mol. The molecular formula is C16H28BrNO. The molecule has 0 aromatic carbocycles. The second-order valence-electron chi connectivity index (χ2n) is 6.52. The Morgan fingerprint density at radius 2 is 1.63 bits per heavy atom. The van der Waals surface area contributed by atoms with Gasteiger partial charge < -0.3 is 5.32 Å². The normalized spacial score (nSPS) is 21.1. The number of halogens is 1. The molecule has 2 fully saturated rings. The summed E-state index contributed by atoms with van der Waals surface area (Å²) in [6.45, 7) is 4.35. The number of hydrogen-bond donors (Lipinski definition) is 1. The molecule has 0 spiro atoms. The standard InChI is InChI=1S/C16H28BrNO/c1-3-16(4-2,11-17)18-15(19)14(12-7-5-8-12)13-9-6-10-13/h12-14H,3-11H2,1-2H3,(H,18,19). The van der Waals surface area contributed by atoms with Crippen LogP contribution in [-0.2, 0) is 4.79 Å². The number of hydrogen-bond acceptors (Lipinski definition) is 1. The van der Waals surface area contributed by atoms with Gasteiger partial charge in [-0.15, -0.1) is 0 Å². The summed E-state index contributed by atoms with van der Waals surface area (Å²) in [5.41, 5.74) is -0.0389. The minimum absolute atomic E-state index is 0.0389. The van der Waals surface area contributed by atoms with Gasteiger partial charge in [0.1, 0.15) is 0 Å². The number of carbonyl (C=O) groups is 1. The summed E-state index contributed by atoms with van der Waals surface area (Å²) in [7, 11) is 0. The molecule has 19 heavy (non-hydrogen) atoms. The molecule has 0 unspecified atom stereocenters. The molecule has 2 aliphatic rings. The summed E-state index contributed by atoms with van der Waals surface area (Å²) in [6.07, 6.45) is 9.74. The van der Waals surface area contributed by atoms with Gasteiger partial charge in [0.15, 0.2) is 0 Å². The van der Waals surface area contributed by atoms with Gasteiger partial charge in [0.05, 0.1) is 0 Å². The number of carbonyl (C=O) groups excluding carboxylic acids is 1. The molecule has 1 amide bonds. The van der Waals surface area contributed by atoms with Crippen molar-refractivity contribution in [3.8, 4) is 0 Å². The molecule has 110 valence electrons. The summed E-state index contributed by atoms with van der Waals surface area (Å²) < 4.78 is 0. The first-order valence-electron chi connectivity index (χ1n) is 8.03. The molecule has 0 aromatic rings. The number of alkyl halides is 1. The van der Waals surface area contributed by atoms with Crippen LogP contribution in [0.5, 0.6) is 0 Å². The second-order valence-corrected chi connectivity index (χ2v) is 7.08. The second kappa shape index (κ2) is 6.60. The third-order valence-electron chi connectivity index (χ3n) is 5.62. The molecule has 2 rings (SSSR count). The zero-order valence-corrected chi connectivity index (χ0v) is 14.0. The van der Waals surface area contributed by atoms with E-state index in [-0.39, 0.29) is 5.54 Å². The summed E-state index contributed by atoms with van der Waals surface area (Å²) in [6, 6.07) is 0. The smallest absolute Gasteiger partial charge is 0.224 e. The van der Waals surface area contributed by atoms with Crippen molar-refractivity contribution in [3.05, 3.63) is 0 Å². The fourth-order valence-corrected chi connectivity index (χ4v) is 4.34. The predicted octanol–water partition coefficient (Wildman–Crippen LogP) is 4.27. The lowest BCUT2D eigenvalue weighted by atomic mass is 9.64. The van der Waals surface area contributed by atoms with Crippen LogP contribution in [0.25, 0.3) is 0 Å².